The molecule has 2 fully saturated rings. The Balaban J connectivity index is 1.62. The van der Waals surface area contributed by atoms with E-state index in [4.69, 9.17) is 22.1 Å². The lowest BCUT2D eigenvalue weighted by Gasteiger charge is -2.37. The van der Waals surface area contributed by atoms with E-state index < -0.39 is 0 Å². The van der Waals surface area contributed by atoms with E-state index in [1.165, 1.54) is 18.9 Å². The number of ether oxygens (including phenoxy) is 1. The van der Waals surface area contributed by atoms with Gasteiger partial charge in [0, 0.05) is 23.7 Å². The lowest BCUT2D eigenvalue weighted by molar-refractivity contribution is -0.0590. The van der Waals surface area contributed by atoms with Gasteiger partial charge in [-0.25, -0.2) is 4.39 Å². The molecule has 3 atom stereocenters. The molecule has 0 saturated carbocycles. The van der Waals surface area contributed by atoms with Crippen LogP contribution in [0.5, 0.6) is 0 Å². The van der Waals surface area contributed by atoms with Crippen molar-refractivity contribution >= 4 is 11.6 Å². The molecule has 3 unspecified atom stereocenters. The van der Waals surface area contributed by atoms with Crippen molar-refractivity contribution in [3.8, 4) is 0 Å². The summed E-state index contributed by atoms with van der Waals surface area (Å²) in [4.78, 5) is 2.45. The third-order valence-electron chi connectivity index (χ3n) is 4.36. The first-order chi connectivity index (χ1) is 9.63. The van der Waals surface area contributed by atoms with Crippen LogP contribution in [0.2, 0.25) is 5.02 Å². The molecule has 0 aromatic heterocycles. The van der Waals surface area contributed by atoms with Gasteiger partial charge in [-0.2, -0.15) is 0 Å². The quantitative estimate of drug-likeness (QED) is 0.930. The molecule has 3 rings (SSSR count). The standard InChI is InChI=1S/C15H20ClFN2O/c16-11-4-3-10(13(17)7-11)6-14(18)15-8-19-5-1-2-12(19)9-20-15/h3-4,7,12,14-15H,1-2,5-6,8-9,18H2. The summed E-state index contributed by atoms with van der Waals surface area (Å²) < 4.78 is 19.7. The number of rotatable bonds is 3. The summed E-state index contributed by atoms with van der Waals surface area (Å²) in [5, 5.41) is 0.411. The second kappa shape index (κ2) is 5.98. The molecule has 0 spiro atoms. The summed E-state index contributed by atoms with van der Waals surface area (Å²) in [5.41, 5.74) is 6.82. The molecule has 0 radical (unpaired) electrons. The minimum Gasteiger partial charge on any atom is -0.374 e. The molecule has 3 nitrogen and oxygen atoms in total. The van der Waals surface area contributed by atoms with Crippen molar-refractivity contribution < 1.29 is 9.13 Å². The predicted molar refractivity (Wildman–Crippen MR) is 77.4 cm³/mol. The first kappa shape index (κ1) is 14.3. The highest BCUT2D eigenvalue weighted by molar-refractivity contribution is 6.30. The van der Waals surface area contributed by atoms with E-state index in [0.717, 1.165) is 19.7 Å². The fourth-order valence-corrected chi connectivity index (χ4v) is 3.33. The van der Waals surface area contributed by atoms with Crippen LogP contribution in [0.25, 0.3) is 0 Å². The highest BCUT2D eigenvalue weighted by Gasteiger charge is 2.34. The molecule has 0 bridgehead atoms. The largest absolute Gasteiger partial charge is 0.374 e. The molecule has 2 heterocycles. The average Bonchev–Trinajstić information content (AvgIpc) is 2.89. The van der Waals surface area contributed by atoms with Gasteiger partial charge >= 0.3 is 0 Å². The molecule has 5 heteroatoms. The van der Waals surface area contributed by atoms with Crippen molar-refractivity contribution in [3.63, 3.8) is 0 Å². The maximum atomic E-state index is 13.8. The Morgan fingerprint density at radius 3 is 3.15 bits per heavy atom. The van der Waals surface area contributed by atoms with Crippen molar-refractivity contribution in [2.45, 2.75) is 37.5 Å². The SMILES string of the molecule is NC(Cc1ccc(Cl)cc1F)C1CN2CCCC2CO1. The van der Waals surface area contributed by atoms with Gasteiger partial charge in [-0.1, -0.05) is 17.7 Å². The second-order valence-electron chi connectivity index (χ2n) is 5.77. The summed E-state index contributed by atoms with van der Waals surface area (Å²) >= 11 is 5.76. The maximum Gasteiger partial charge on any atom is 0.127 e. The normalized spacial score (nSPS) is 28.4. The fraction of sp³-hybridized carbons (Fsp3) is 0.600. The number of benzene rings is 1. The molecule has 1 aromatic rings. The Hall–Kier alpha value is -0.680. The zero-order chi connectivity index (χ0) is 14.1. The van der Waals surface area contributed by atoms with Gasteiger partial charge in [-0.05, 0) is 43.5 Å². The molecule has 110 valence electrons. The van der Waals surface area contributed by atoms with E-state index >= 15 is 0 Å². The Bertz CT molecular complexity index is 485. The Morgan fingerprint density at radius 2 is 2.35 bits per heavy atom. The molecule has 1 aromatic carbocycles. The number of nitrogens with two attached hydrogens (primary N) is 1. The van der Waals surface area contributed by atoms with Crippen LogP contribution in [-0.2, 0) is 11.2 Å². The van der Waals surface area contributed by atoms with Gasteiger partial charge in [0.15, 0.2) is 0 Å². The maximum absolute atomic E-state index is 13.8. The monoisotopic (exact) mass is 298 g/mol. The van der Waals surface area contributed by atoms with Crippen LogP contribution in [0.4, 0.5) is 4.39 Å². The van der Waals surface area contributed by atoms with Crippen molar-refractivity contribution in [3.05, 3.63) is 34.6 Å². The van der Waals surface area contributed by atoms with Gasteiger partial charge in [0.25, 0.3) is 0 Å². The fourth-order valence-electron chi connectivity index (χ4n) is 3.17. The summed E-state index contributed by atoms with van der Waals surface area (Å²) in [6.45, 7) is 2.75. The van der Waals surface area contributed by atoms with Crippen LogP contribution in [0.15, 0.2) is 18.2 Å². The number of hydrogen-bond donors (Lipinski definition) is 1. The van der Waals surface area contributed by atoms with Gasteiger partial charge in [-0.15, -0.1) is 0 Å². The number of fused-ring (bicyclic) bond motifs is 1. The van der Waals surface area contributed by atoms with E-state index in [0.29, 0.717) is 23.0 Å². The highest BCUT2D eigenvalue weighted by atomic mass is 35.5. The Morgan fingerprint density at radius 1 is 1.50 bits per heavy atom. The van der Waals surface area contributed by atoms with Crippen LogP contribution in [0.3, 0.4) is 0 Å². The zero-order valence-corrected chi connectivity index (χ0v) is 12.2. The number of morpholine rings is 1. The van der Waals surface area contributed by atoms with Crippen LogP contribution < -0.4 is 5.73 Å². The van der Waals surface area contributed by atoms with E-state index in [1.807, 2.05) is 0 Å². The van der Waals surface area contributed by atoms with Crippen LogP contribution >= 0.6 is 11.6 Å². The van der Waals surface area contributed by atoms with Crippen LogP contribution in [-0.4, -0.2) is 42.8 Å². The molecule has 2 saturated heterocycles. The Kier molecular flexibility index (Phi) is 4.26. The molecule has 0 amide bonds. The topological polar surface area (TPSA) is 38.5 Å². The van der Waals surface area contributed by atoms with Crippen molar-refractivity contribution in [1.29, 1.82) is 0 Å². The number of hydrogen-bond acceptors (Lipinski definition) is 3. The lowest BCUT2D eigenvalue weighted by atomic mass is 10.00. The summed E-state index contributed by atoms with van der Waals surface area (Å²) in [5.74, 6) is -0.289. The zero-order valence-electron chi connectivity index (χ0n) is 11.4. The minimum absolute atomic E-state index is 0.0144. The van der Waals surface area contributed by atoms with Crippen LogP contribution in [0.1, 0.15) is 18.4 Å². The molecule has 2 N–H and O–H groups in total. The van der Waals surface area contributed by atoms with E-state index in [1.54, 1.807) is 12.1 Å². The van der Waals surface area contributed by atoms with E-state index in [9.17, 15) is 4.39 Å². The first-order valence-corrected chi connectivity index (χ1v) is 7.56. The van der Waals surface area contributed by atoms with E-state index in [-0.39, 0.29) is 18.0 Å². The second-order valence-corrected chi connectivity index (χ2v) is 6.20. The molecule has 2 aliphatic heterocycles. The third kappa shape index (κ3) is 2.98. The van der Waals surface area contributed by atoms with Crippen molar-refractivity contribution in [2.75, 3.05) is 19.7 Å². The summed E-state index contributed by atoms with van der Waals surface area (Å²) in [6.07, 6.45) is 2.92. The predicted octanol–water partition coefficient (Wildman–Crippen LogP) is 2.21. The van der Waals surface area contributed by atoms with E-state index in [2.05, 4.69) is 4.90 Å². The summed E-state index contributed by atoms with van der Waals surface area (Å²) in [7, 11) is 0. The molecular formula is C15H20ClFN2O. The lowest BCUT2D eigenvalue weighted by Crippen LogP contribution is -2.53. The smallest absolute Gasteiger partial charge is 0.127 e. The van der Waals surface area contributed by atoms with Gasteiger partial charge in [0.2, 0.25) is 0 Å². The average molecular weight is 299 g/mol. The van der Waals surface area contributed by atoms with Gasteiger partial charge < -0.3 is 10.5 Å². The van der Waals surface area contributed by atoms with Crippen molar-refractivity contribution in [2.24, 2.45) is 5.73 Å². The molecule has 20 heavy (non-hydrogen) atoms. The number of nitrogens with zero attached hydrogens (tertiary/aromatic N) is 1. The van der Waals surface area contributed by atoms with Gasteiger partial charge in [0.05, 0.1) is 12.7 Å². The highest BCUT2D eigenvalue weighted by Crippen LogP contribution is 2.24. The minimum atomic E-state index is -0.289. The van der Waals surface area contributed by atoms with Gasteiger partial charge in [0.1, 0.15) is 5.82 Å². The summed E-state index contributed by atoms with van der Waals surface area (Å²) in [6, 6.07) is 5.11. The molecule has 2 aliphatic rings. The van der Waals surface area contributed by atoms with Gasteiger partial charge in [-0.3, -0.25) is 4.90 Å². The first-order valence-electron chi connectivity index (χ1n) is 7.18. The molecular weight excluding hydrogens is 279 g/mol. The Labute approximate surface area is 123 Å². The third-order valence-corrected chi connectivity index (χ3v) is 4.60. The molecule has 0 aliphatic carbocycles. The van der Waals surface area contributed by atoms with Crippen LogP contribution in [0, 0.1) is 5.82 Å². The van der Waals surface area contributed by atoms with Crippen molar-refractivity contribution in [1.82, 2.24) is 4.90 Å². The number of halogens is 2.